The van der Waals surface area contributed by atoms with Gasteiger partial charge in [0.15, 0.2) is 0 Å². The Hall–Kier alpha value is -2.99. The molecule has 6 heteroatoms. The van der Waals surface area contributed by atoms with Crippen molar-refractivity contribution in [2.45, 2.75) is 32.5 Å². The second-order valence-electron chi connectivity index (χ2n) is 7.77. The molecule has 4 rings (SSSR count). The van der Waals surface area contributed by atoms with Crippen LogP contribution in [0.1, 0.15) is 20.8 Å². The van der Waals surface area contributed by atoms with E-state index in [-0.39, 0.29) is 11.4 Å². The van der Waals surface area contributed by atoms with Crippen LogP contribution in [0.2, 0.25) is 0 Å². The van der Waals surface area contributed by atoms with Crippen LogP contribution in [-0.2, 0) is 0 Å². The zero-order chi connectivity index (χ0) is 19.2. The van der Waals surface area contributed by atoms with E-state index >= 15 is 0 Å². The Kier molecular flexibility index (Phi) is 4.08. The molecule has 0 aromatic heterocycles. The van der Waals surface area contributed by atoms with Gasteiger partial charge in [-0.3, -0.25) is 5.41 Å². The lowest BCUT2D eigenvalue weighted by Crippen LogP contribution is -2.25. The predicted octanol–water partition coefficient (Wildman–Crippen LogP) is 3.77. The molecule has 2 heterocycles. The van der Waals surface area contributed by atoms with Crippen molar-refractivity contribution in [3.8, 4) is 5.75 Å². The van der Waals surface area contributed by atoms with Crippen molar-refractivity contribution in [3.05, 3.63) is 59.9 Å². The molecular formula is C21H24N4O2. The van der Waals surface area contributed by atoms with Gasteiger partial charge in [-0.2, -0.15) is 0 Å². The number of ether oxygens (including phenoxy) is 1. The van der Waals surface area contributed by atoms with Gasteiger partial charge in [0.25, 0.3) is 0 Å². The van der Waals surface area contributed by atoms with Gasteiger partial charge in [0, 0.05) is 5.69 Å². The third-order valence-corrected chi connectivity index (χ3v) is 4.50. The average molecular weight is 364 g/mol. The van der Waals surface area contributed by atoms with E-state index in [2.05, 4.69) is 10.6 Å². The lowest BCUT2D eigenvalue weighted by atomic mass is 10.2. The highest BCUT2D eigenvalue weighted by Gasteiger charge is 2.36. The van der Waals surface area contributed by atoms with Gasteiger partial charge in [0.2, 0.25) is 0 Å². The van der Waals surface area contributed by atoms with Crippen molar-refractivity contribution in [1.29, 1.82) is 5.41 Å². The number of fused-ring (bicyclic) bond motifs is 1. The average Bonchev–Trinajstić information content (AvgIpc) is 3.14. The highest BCUT2D eigenvalue weighted by molar-refractivity contribution is 6.12. The largest absolute Gasteiger partial charge is 0.488 e. The SMILES string of the molecule is CC(C)(C)Oc1ccc(N2CC(O)C(=C3Nc4ccccc4N3)C2=N)cc1. The first-order chi connectivity index (χ1) is 12.8. The molecule has 27 heavy (non-hydrogen) atoms. The fourth-order valence-electron chi connectivity index (χ4n) is 3.36. The van der Waals surface area contributed by atoms with Crippen LogP contribution in [0.25, 0.3) is 0 Å². The van der Waals surface area contributed by atoms with E-state index in [1.165, 1.54) is 0 Å². The third-order valence-electron chi connectivity index (χ3n) is 4.50. The summed E-state index contributed by atoms with van der Waals surface area (Å²) in [5, 5.41) is 25.7. The number of rotatable bonds is 2. The normalized spacial score (nSPS) is 19.0. The van der Waals surface area contributed by atoms with Gasteiger partial charge in [-0.25, -0.2) is 0 Å². The van der Waals surface area contributed by atoms with Gasteiger partial charge in [-0.15, -0.1) is 0 Å². The van der Waals surface area contributed by atoms with Crippen LogP contribution in [0.5, 0.6) is 5.75 Å². The van der Waals surface area contributed by atoms with Crippen molar-refractivity contribution < 1.29 is 9.84 Å². The molecule has 1 saturated heterocycles. The molecule has 0 spiro atoms. The van der Waals surface area contributed by atoms with Crippen molar-refractivity contribution in [1.82, 2.24) is 0 Å². The molecule has 2 aromatic rings. The molecule has 0 saturated carbocycles. The maximum Gasteiger partial charge on any atom is 0.134 e. The molecule has 2 aromatic carbocycles. The summed E-state index contributed by atoms with van der Waals surface area (Å²) in [5.41, 5.74) is 3.06. The fourth-order valence-corrected chi connectivity index (χ4v) is 3.36. The van der Waals surface area contributed by atoms with E-state index in [0.717, 1.165) is 22.8 Å². The quantitative estimate of drug-likeness (QED) is 0.652. The Balaban J connectivity index is 1.57. The maximum atomic E-state index is 10.6. The van der Waals surface area contributed by atoms with Crippen molar-refractivity contribution in [2.75, 3.05) is 22.1 Å². The lowest BCUT2D eigenvalue weighted by molar-refractivity contribution is 0.131. The zero-order valence-electron chi connectivity index (χ0n) is 15.7. The zero-order valence-corrected chi connectivity index (χ0v) is 15.7. The van der Waals surface area contributed by atoms with Gasteiger partial charge in [-0.1, -0.05) is 12.1 Å². The summed E-state index contributed by atoms with van der Waals surface area (Å²) in [6, 6.07) is 15.5. The number of hydrogen-bond donors (Lipinski definition) is 4. The van der Waals surface area contributed by atoms with Gasteiger partial charge in [-0.05, 0) is 57.2 Å². The summed E-state index contributed by atoms with van der Waals surface area (Å²) >= 11 is 0. The van der Waals surface area contributed by atoms with E-state index < -0.39 is 6.10 Å². The van der Waals surface area contributed by atoms with Crippen LogP contribution in [0.4, 0.5) is 17.1 Å². The minimum Gasteiger partial charge on any atom is -0.488 e. The summed E-state index contributed by atoms with van der Waals surface area (Å²) in [4.78, 5) is 1.81. The lowest BCUT2D eigenvalue weighted by Gasteiger charge is -2.22. The molecule has 1 fully saturated rings. The molecule has 6 nitrogen and oxygen atoms in total. The summed E-state index contributed by atoms with van der Waals surface area (Å²) in [6.45, 7) is 6.36. The smallest absolute Gasteiger partial charge is 0.134 e. The maximum absolute atomic E-state index is 10.6. The first-order valence-electron chi connectivity index (χ1n) is 9.03. The highest BCUT2D eigenvalue weighted by atomic mass is 16.5. The number of β-amino-alcohol motifs (C(OH)–C–C–N with tert-alkyl or cyclic N) is 1. The van der Waals surface area contributed by atoms with Gasteiger partial charge >= 0.3 is 0 Å². The van der Waals surface area contributed by atoms with Crippen LogP contribution in [0.3, 0.4) is 0 Å². The molecule has 2 aliphatic rings. The third kappa shape index (κ3) is 3.36. The van der Waals surface area contributed by atoms with Gasteiger partial charge in [0.05, 0.1) is 23.5 Å². The number of para-hydroxylation sites is 2. The Labute approximate surface area is 159 Å². The minimum absolute atomic E-state index is 0.259. The van der Waals surface area contributed by atoms with Crippen molar-refractivity contribution >= 4 is 22.9 Å². The monoisotopic (exact) mass is 364 g/mol. The molecule has 140 valence electrons. The van der Waals surface area contributed by atoms with E-state index in [9.17, 15) is 5.11 Å². The summed E-state index contributed by atoms with van der Waals surface area (Å²) in [5.74, 6) is 1.74. The molecule has 0 bridgehead atoms. The number of anilines is 3. The van der Waals surface area contributed by atoms with Crippen LogP contribution >= 0.6 is 0 Å². The van der Waals surface area contributed by atoms with Gasteiger partial charge < -0.3 is 25.4 Å². The molecule has 0 aliphatic carbocycles. The van der Waals surface area contributed by atoms with E-state index in [0.29, 0.717) is 17.9 Å². The number of nitrogens with one attached hydrogen (secondary N) is 3. The standard InChI is InChI=1S/C21H24N4O2/c1-21(2,3)27-14-10-8-13(9-11-14)25-12-17(26)18(19(25)22)20-23-15-6-4-5-7-16(15)24-20/h4-11,17,22-24,26H,12H2,1-3H3. The van der Waals surface area contributed by atoms with Crippen LogP contribution in [0, 0.1) is 5.41 Å². The van der Waals surface area contributed by atoms with Crippen LogP contribution < -0.4 is 20.3 Å². The van der Waals surface area contributed by atoms with Crippen LogP contribution in [-0.4, -0.2) is 29.2 Å². The number of aliphatic hydroxyl groups excluding tert-OH is 1. The number of hydrogen-bond acceptors (Lipinski definition) is 5. The summed E-state index contributed by atoms with van der Waals surface area (Å²) in [7, 11) is 0. The van der Waals surface area contributed by atoms with E-state index in [4.69, 9.17) is 10.1 Å². The molecule has 4 N–H and O–H groups in total. The fraction of sp³-hybridized carbons (Fsp3) is 0.286. The molecular weight excluding hydrogens is 340 g/mol. The number of nitrogens with zero attached hydrogens (tertiary/aromatic N) is 1. The number of benzene rings is 2. The minimum atomic E-state index is -0.743. The second kappa shape index (κ2) is 6.32. The van der Waals surface area contributed by atoms with Crippen molar-refractivity contribution in [3.63, 3.8) is 0 Å². The predicted molar refractivity (Wildman–Crippen MR) is 109 cm³/mol. The molecule has 1 atom stereocenters. The summed E-state index contributed by atoms with van der Waals surface area (Å²) < 4.78 is 5.85. The number of amidine groups is 1. The van der Waals surface area contributed by atoms with Gasteiger partial charge in [0.1, 0.15) is 29.1 Å². The molecule has 1 unspecified atom stereocenters. The summed E-state index contributed by atoms with van der Waals surface area (Å²) in [6.07, 6.45) is -0.743. The Morgan fingerprint density at radius 3 is 2.19 bits per heavy atom. The highest BCUT2D eigenvalue weighted by Crippen LogP contribution is 2.35. The van der Waals surface area contributed by atoms with Crippen LogP contribution in [0.15, 0.2) is 59.9 Å². The second-order valence-corrected chi connectivity index (χ2v) is 7.77. The Morgan fingerprint density at radius 1 is 1.04 bits per heavy atom. The Bertz CT molecular complexity index is 886. The van der Waals surface area contributed by atoms with E-state index in [1.807, 2.05) is 69.3 Å². The topological polar surface area (TPSA) is 80.6 Å². The first-order valence-corrected chi connectivity index (χ1v) is 9.03. The first kappa shape index (κ1) is 17.4. The van der Waals surface area contributed by atoms with E-state index in [1.54, 1.807) is 4.90 Å². The molecule has 2 aliphatic heterocycles. The van der Waals surface area contributed by atoms with Crippen molar-refractivity contribution in [2.24, 2.45) is 0 Å². The number of aliphatic hydroxyl groups is 1. The Morgan fingerprint density at radius 2 is 1.63 bits per heavy atom. The molecule has 0 amide bonds. The molecule has 0 radical (unpaired) electrons.